The van der Waals surface area contributed by atoms with Crippen LogP contribution in [0, 0.1) is 0 Å². The number of hydrogen-bond acceptors (Lipinski definition) is 9. The predicted octanol–water partition coefficient (Wildman–Crippen LogP) is -2.74. The Balaban J connectivity index is 2.94. The lowest BCUT2D eigenvalue weighted by atomic mass is 10.1. The second-order valence-electron chi connectivity index (χ2n) is 7.54. The number of unbranched alkanes of at least 4 members (excludes halogenated alkanes) is 1. The number of aliphatic hydroxyl groups is 1. The van der Waals surface area contributed by atoms with Crippen LogP contribution in [0.1, 0.15) is 31.9 Å². The second kappa shape index (κ2) is 14.5. The van der Waals surface area contributed by atoms with Gasteiger partial charge in [0.05, 0.1) is 18.5 Å². The molecule has 1 aromatic rings. The maximum atomic E-state index is 12.9. The molecule has 13 nitrogen and oxygen atoms in total. The molecule has 0 aliphatic rings. The topological polar surface area (TPSA) is 226 Å². The van der Waals surface area contributed by atoms with Gasteiger partial charge >= 0.3 is 5.97 Å². The van der Waals surface area contributed by atoms with E-state index in [1.165, 1.54) is 19.4 Å². The van der Waals surface area contributed by atoms with Crippen LogP contribution in [-0.4, -0.2) is 86.4 Å². The molecule has 10 N–H and O–H groups in total. The Morgan fingerprint density at radius 1 is 1.12 bits per heavy atom. The first-order chi connectivity index (χ1) is 15.6. The number of aliphatic carboxylic acids is 1. The van der Waals surface area contributed by atoms with Gasteiger partial charge in [0.25, 0.3) is 0 Å². The maximum absolute atomic E-state index is 12.9. The minimum atomic E-state index is -1.46. The molecule has 0 aliphatic heterocycles. The number of hydrogen-bond donors (Lipinski definition) is 9. The number of thiol groups is 1. The van der Waals surface area contributed by atoms with Crippen molar-refractivity contribution >= 4 is 36.3 Å². The SMILES string of the molecule is CC(O)C(NC(=O)C(Cc1cnc[nH]1)NC(=O)C(N)CS)C(=O)NC(CCCCN)C(=O)O. The maximum Gasteiger partial charge on any atom is 0.326 e. The van der Waals surface area contributed by atoms with Gasteiger partial charge in [-0.2, -0.15) is 12.6 Å². The zero-order valence-corrected chi connectivity index (χ0v) is 19.3. The van der Waals surface area contributed by atoms with Crippen molar-refractivity contribution in [2.24, 2.45) is 11.5 Å². The van der Waals surface area contributed by atoms with Crippen LogP contribution in [0.15, 0.2) is 12.5 Å². The van der Waals surface area contributed by atoms with E-state index in [4.69, 9.17) is 11.5 Å². The monoisotopic (exact) mass is 487 g/mol. The van der Waals surface area contributed by atoms with E-state index in [9.17, 15) is 29.4 Å². The van der Waals surface area contributed by atoms with E-state index in [0.29, 0.717) is 25.1 Å². The molecule has 0 aliphatic carbocycles. The average Bonchev–Trinajstić information content (AvgIpc) is 3.28. The number of H-pyrrole nitrogens is 1. The molecule has 5 atom stereocenters. The van der Waals surface area contributed by atoms with Gasteiger partial charge in [-0.1, -0.05) is 0 Å². The van der Waals surface area contributed by atoms with Gasteiger partial charge in [-0.3, -0.25) is 14.4 Å². The number of aliphatic hydroxyl groups excluding tert-OH is 1. The number of carboxylic acids is 1. The molecule has 5 unspecified atom stereocenters. The molecule has 0 spiro atoms. The second-order valence-corrected chi connectivity index (χ2v) is 7.91. The van der Waals surface area contributed by atoms with E-state index in [1.807, 2.05) is 0 Å². The molecule has 33 heavy (non-hydrogen) atoms. The van der Waals surface area contributed by atoms with Crippen LogP contribution in [0.2, 0.25) is 0 Å². The smallest absolute Gasteiger partial charge is 0.326 e. The number of aromatic amines is 1. The summed E-state index contributed by atoms with van der Waals surface area (Å²) in [6, 6.07) is -4.80. The largest absolute Gasteiger partial charge is 0.480 e. The van der Waals surface area contributed by atoms with E-state index in [2.05, 4.69) is 38.5 Å². The van der Waals surface area contributed by atoms with Gasteiger partial charge in [0.2, 0.25) is 17.7 Å². The predicted molar refractivity (Wildman–Crippen MR) is 122 cm³/mol. The minimum Gasteiger partial charge on any atom is -0.480 e. The van der Waals surface area contributed by atoms with Gasteiger partial charge in [-0.05, 0) is 32.7 Å². The number of nitrogens with two attached hydrogens (primary N) is 2. The van der Waals surface area contributed by atoms with E-state index in [0.717, 1.165) is 0 Å². The van der Waals surface area contributed by atoms with Crippen LogP contribution in [0.25, 0.3) is 0 Å². The number of carbonyl (C=O) groups is 4. The molecule has 186 valence electrons. The van der Waals surface area contributed by atoms with Crippen LogP contribution in [-0.2, 0) is 25.6 Å². The molecule has 14 heteroatoms. The third kappa shape index (κ3) is 9.77. The first-order valence-electron chi connectivity index (χ1n) is 10.5. The third-order valence-corrected chi connectivity index (χ3v) is 5.16. The Morgan fingerprint density at radius 3 is 2.30 bits per heavy atom. The van der Waals surface area contributed by atoms with E-state index >= 15 is 0 Å². The van der Waals surface area contributed by atoms with Crippen molar-refractivity contribution in [3.05, 3.63) is 18.2 Å². The summed E-state index contributed by atoms with van der Waals surface area (Å²) in [5, 5.41) is 26.6. The fourth-order valence-electron chi connectivity index (χ4n) is 2.86. The number of aromatic nitrogens is 2. The summed E-state index contributed by atoms with van der Waals surface area (Å²) in [6.07, 6.45) is 2.70. The van der Waals surface area contributed by atoms with E-state index in [-0.39, 0.29) is 18.6 Å². The van der Waals surface area contributed by atoms with Crippen molar-refractivity contribution in [2.45, 2.75) is 62.9 Å². The summed E-state index contributed by atoms with van der Waals surface area (Å²) < 4.78 is 0. The van der Waals surface area contributed by atoms with Crippen LogP contribution >= 0.6 is 12.6 Å². The van der Waals surface area contributed by atoms with Gasteiger partial charge in [-0.25, -0.2) is 9.78 Å². The number of carbonyl (C=O) groups excluding carboxylic acids is 3. The van der Waals surface area contributed by atoms with Crippen molar-refractivity contribution in [3.8, 4) is 0 Å². The van der Waals surface area contributed by atoms with Crippen LogP contribution in [0.4, 0.5) is 0 Å². The molecule has 0 saturated heterocycles. The summed E-state index contributed by atoms with van der Waals surface area (Å²) in [7, 11) is 0. The third-order valence-electron chi connectivity index (χ3n) is 4.77. The quantitative estimate of drug-likeness (QED) is 0.0922. The normalized spacial score (nSPS) is 15.5. The van der Waals surface area contributed by atoms with Gasteiger partial charge in [0, 0.05) is 24.1 Å². The summed E-state index contributed by atoms with van der Waals surface area (Å²) in [5.74, 6) is -3.49. The van der Waals surface area contributed by atoms with Gasteiger partial charge < -0.3 is 42.6 Å². The lowest BCUT2D eigenvalue weighted by molar-refractivity contribution is -0.143. The number of rotatable bonds is 15. The molecule has 0 bridgehead atoms. The fraction of sp³-hybridized carbons (Fsp3) is 0.632. The summed E-state index contributed by atoms with van der Waals surface area (Å²) >= 11 is 3.96. The first-order valence-corrected chi connectivity index (χ1v) is 11.1. The lowest BCUT2D eigenvalue weighted by Crippen LogP contribution is -2.60. The molecule has 1 heterocycles. The number of nitrogens with one attached hydrogen (secondary N) is 4. The van der Waals surface area contributed by atoms with Crippen molar-refractivity contribution < 1.29 is 29.4 Å². The Hall–Kier alpha value is -2.68. The zero-order chi connectivity index (χ0) is 25.0. The number of carboxylic acid groups (broad SMARTS) is 1. The van der Waals surface area contributed by atoms with Crippen molar-refractivity contribution in [1.82, 2.24) is 25.9 Å². The van der Waals surface area contributed by atoms with E-state index < -0.39 is 54.0 Å². The van der Waals surface area contributed by atoms with Gasteiger partial charge in [-0.15, -0.1) is 0 Å². The Labute approximate surface area is 196 Å². The fourth-order valence-corrected chi connectivity index (χ4v) is 3.02. The lowest BCUT2D eigenvalue weighted by Gasteiger charge is -2.26. The molecule has 0 radical (unpaired) electrons. The molecule has 1 rings (SSSR count). The van der Waals surface area contributed by atoms with Gasteiger partial charge in [0.1, 0.15) is 18.1 Å². The minimum absolute atomic E-state index is 0.00184. The Bertz CT molecular complexity index is 777. The number of imidazole rings is 1. The molecular formula is C19H33N7O6S. The zero-order valence-electron chi connectivity index (χ0n) is 18.4. The molecule has 3 amide bonds. The molecular weight excluding hydrogens is 454 g/mol. The summed E-state index contributed by atoms with van der Waals surface area (Å²) in [4.78, 5) is 56.0. The highest BCUT2D eigenvalue weighted by atomic mass is 32.1. The highest BCUT2D eigenvalue weighted by Crippen LogP contribution is 2.05. The van der Waals surface area contributed by atoms with Crippen molar-refractivity contribution in [1.29, 1.82) is 0 Å². The molecule has 1 aromatic heterocycles. The Morgan fingerprint density at radius 2 is 1.79 bits per heavy atom. The summed E-state index contributed by atoms with van der Waals surface area (Å²) in [5.41, 5.74) is 11.6. The van der Waals surface area contributed by atoms with Crippen LogP contribution in [0.5, 0.6) is 0 Å². The van der Waals surface area contributed by atoms with Crippen molar-refractivity contribution in [3.63, 3.8) is 0 Å². The molecule has 0 fully saturated rings. The number of amides is 3. The summed E-state index contributed by atoms with van der Waals surface area (Å²) in [6.45, 7) is 1.65. The van der Waals surface area contributed by atoms with E-state index in [1.54, 1.807) is 0 Å². The Kier molecular flexibility index (Phi) is 12.4. The highest BCUT2D eigenvalue weighted by Gasteiger charge is 2.32. The van der Waals surface area contributed by atoms with Crippen LogP contribution < -0.4 is 27.4 Å². The average molecular weight is 488 g/mol. The van der Waals surface area contributed by atoms with Crippen molar-refractivity contribution in [2.75, 3.05) is 12.3 Å². The van der Waals surface area contributed by atoms with Gasteiger partial charge in [0.15, 0.2) is 0 Å². The first kappa shape index (κ1) is 28.4. The molecule has 0 aromatic carbocycles. The number of nitrogens with zero attached hydrogens (tertiary/aromatic N) is 1. The standard InChI is InChI=1S/C19H33N7O6S/c1-10(27)15(18(30)24-13(19(31)32)4-2-3-5-20)26-17(29)14(6-11-7-22-9-23-11)25-16(28)12(21)8-33/h7,9-10,12-15,27,33H,2-6,8,20-21H2,1H3,(H,22,23)(H,24,30)(H,25,28)(H,26,29)(H,31,32). The highest BCUT2D eigenvalue weighted by molar-refractivity contribution is 7.80. The molecule has 0 saturated carbocycles. The van der Waals surface area contributed by atoms with Crippen LogP contribution in [0.3, 0.4) is 0 Å².